The molecule has 2 rings (SSSR count). The van der Waals surface area contributed by atoms with Crippen LogP contribution in [0, 0.1) is 0 Å². The van der Waals surface area contributed by atoms with Crippen molar-refractivity contribution in [1.82, 2.24) is 19.6 Å². The predicted octanol–water partition coefficient (Wildman–Crippen LogP) is 0.836. The van der Waals surface area contributed by atoms with Crippen molar-refractivity contribution in [3.05, 3.63) is 18.0 Å². The van der Waals surface area contributed by atoms with E-state index in [-0.39, 0.29) is 6.04 Å². The second kappa shape index (κ2) is 6.50. The number of aryl methyl sites for hydroxylation is 1. The minimum absolute atomic E-state index is 0.284. The molecule has 0 saturated carbocycles. The molecule has 1 aromatic heterocycles. The second-order valence-corrected chi connectivity index (χ2v) is 5.53. The van der Waals surface area contributed by atoms with Gasteiger partial charge in [-0.2, -0.15) is 5.10 Å². The summed E-state index contributed by atoms with van der Waals surface area (Å²) in [7, 11) is 4.16. The number of aromatic nitrogens is 2. The zero-order valence-electron chi connectivity index (χ0n) is 12.4. The Labute approximate surface area is 116 Å². The summed E-state index contributed by atoms with van der Waals surface area (Å²) in [6.07, 6.45) is 6.49. The van der Waals surface area contributed by atoms with Gasteiger partial charge in [-0.25, -0.2) is 0 Å². The Morgan fingerprint density at radius 3 is 2.63 bits per heavy atom. The first-order valence-electron chi connectivity index (χ1n) is 7.28. The molecule has 2 heterocycles. The van der Waals surface area contributed by atoms with Crippen molar-refractivity contribution in [2.45, 2.75) is 31.8 Å². The number of rotatable bonds is 5. The predicted molar refractivity (Wildman–Crippen MR) is 77.9 cm³/mol. The maximum atomic E-state index is 5.99. The first-order valence-corrected chi connectivity index (χ1v) is 7.28. The Morgan fingerprint density at radius 2 is 2.16 bits per heavy atom. The number of likely N-dealkylation sites (tertiary alicyclic amines) is 1. The van der Waals surface area contributed by atoms with Gasteiger partial charge >= 0.3 is 0 Å². The summed E-state index contributed by atoms with van der Waals surface area (Å²) < 4.78 is 1.85. The van der Waals surface area contributed by atoms with Gasteiger partial charge in [-0.15, -0.1) is 0 Å². The fraction of sp³-hybridized carbons (Fsp3) is 0.786. The van der Waals surface area contributed by atoms with E-state index in [0.717, 1.165) is 0 Å². The fourth-order valence-electron chi connectivity index (χ4n) is 3.05. The first-order chi connectivity index (χ1) is 9.15. The molecular formula is C14H27N5. The highest BCUT2D eigenvalue weighted by atomic mass is 15.3. The summed E-state index contributed by atoms with van der Waals surface area (Å²) in [5, 5.41) is 4.26. The maximum absolute atomic E-state index is 5.99. The topological polar surface area (TPSA) is 50.3 Å². The lowest BCUT2D eigenvalue weighted by Gasteiger charge is -2.39. The van der Waals surface area contributed by atoms with Gasteiger partial charge in [0.15, 0.2) is 0 Å². The van der Waals surface area contributed by atoms with Crippen LogP contribution >= 0.6 is 0 Å². The highest BCUT2D eigenvalue weighted by Gasteiger charge is 2.27. The van der Waals surface area contributed by atoms with E-state index in [0.29, 0.717) is 12.6 Å². The van der Waals surface area contributed by atoms with Crippen molar-refractivity contribution in [2.75, 3.05) is 33.2 Å². The number of likely N-dealkylation sites (N-methyl/N-ethyl adjacent to an activating group) is 1. The molecule has 0 spiro atoms. The van der Waals surface area contributed by atoms with Gasteiger partial charge in [0, 0.05) is 31.4 Å². The zero-order valence-corrected chi connectivity index (χ0v) is 12.4. The van der Waals surface area contributed by atoms with Crippen LogP contribution in [0.15, 0.2) is 12.4 Å². The van der Waals surface area contributed by atoms with Crippen LogP contribution in [-0.2, 0) is 7.05 Å². The molecule has 19 heavy (non-hydrogen) atoms. The van der Waals surface area contributed by atoms with Gasteiger partial charge in [0.05, 0.1) is 12.2 Å². The van der Waals surface area contributed by atoms with Gasteiger partial charge in [-0.05, 0) is 39.5 Å². The van der Waals surface area contributed by atoms with E-state index in [2.05, 4.69) is 35.1 Å². The molecule has 108 valence electrons. The van der Waals surface area contributed by atoms with E-state index >= 15 is 0 Å². The lowest BCUT2D eigenvalue weighted by molar-refractivity contribution is 0.101. The van der Waals surface area contributed by atoms with Crippen molar-refractivity contribution < 1.29 is 0 Å². The van der Waals surface area contributed by atoms with Crippen LogP contribution in [0.5, 0.6) is 0 Å². The molecule has 1 atom stereocenters. The minimum Gasteiger partial charge on any atom is -0.329 e. The molecule has 1 aromatic rings. The van der Waals surface area contributed by atoms with Crippen LogP contribution in [0.1, 0.15) is 31.4 Å². The summed E-state index contributed by atoms with van der Waals surface area (Å²) >= 11 is 0. The van der Waals surface area contributed by atoms with Gasteiger partial charge in [-0.3, -0.25) is 9.58 Å². The van der Waals surface area contributed by atoms with E-state index in [1.54, 1.807) is 0 Å². The number of piperidine rings is 1. The molecule has 2 N–H and O–H groups in total. The summed E-state index contributed by atoms with van der Waals surface area (Å²) in [6.45, 7) is 6.46. The Balaban J connectivity index is 1.99. The van der Waals surface area contributed by atoms with Crippen molar-refractivity contribution in [2.24, 2.45) is 12.8 Å². The maximum Gasteiger partial charge on any atom is 0.0538 e. The minimum atomic E-state index is 0.284. The van der Waals surface area contributed by atoms with E-state index < -0.39 is 0 Å². The van der Waals surface area contributed by atoms with E-state index in [9.17, 15) is 0 Å². The third-order valence-electron chi connectivity index (χ3n) is 4.40. The van der Waals surface area contributed by atoms with Crippen LogP contribution in [0.25, 0.3) is 0 Å². The smallest absolute Gasteiger partial charge is 0.0538 e. The first kappa shape index (κ1) is 14.5. The Morgan fingerprint density at radius 1 is 1.47 bits per heavy atom. The third-order valence-corrected chi connectivity index (χ3v) is 4.40. The normalized spacial score (nSPS) is 20.1. The lowest BCUT2D eigenvalue weighted by atomic mass is 10.00. The third kappa shape index (κ3) is 3.35. The van der Waals surface area contributed by atoms with Crippen LogP contribution < -0.4 is 5.73 Å². The largest absolute Gasteiger partial charge is 0.329 e. The lowest BCUT2D eigenvalue weighted by Crippen LogP contribution is -2.45. The van der Waals surface area contributed by atoms with Gasteiger partial charge in [0.25, 0.3) is 0 Å². The van der Waals surface area contributed by atoms with E-state index in [1.165, 1.54) is 38.0 Å². The fourth-order valence-corrected chi connectivity index (χ4v) is 3.05. The SMILES string of the molecule is CCN1CCC(N(C)C(CN)c2cnn(C)c2)CC1. The van der Waals surface area contributed by atoms with Gasteiger partial charge in [0.2, 0.25) is 0 Å². The zero-order chi connectivity index (χ0) is 13.8. The number of nitrogens with two attached hydrogens (primary N) is 1. The molecule has 0 bridgehead atoms. The van der Waals surface area contributed by atoms with Gasteiger partial charge in [-0.1, -0.05) is 6.92 Å². The molecule has 1 fully saturated rings. The summed E-state index contributed by atoms with van der Waals surface area (Å²) in [4.78, 5) is 4.97. The molecule has 0 aromatic carbocycles. The highest BCUT2D eigenvalue weighted by Crippen LogP contribution is 2.24. The average molecular weight is 265 g/mol. The molecule has 1 aliphatic heterocycles. The molecule has 1 aliphatic rings. The molecule has 0 aliphatic carbocycles. The number of nitrogens with zero attached hydrogens (tertiary/aromatic N) is 4. The van der Waals surface area contributed by atoms with Crippen molar-refractivity contribution >= 4 is 0 Å². The van der Waals surface area contributed by atoms with E-state index in [1.807, 2.05) is 17.9 Å². The highest BCUT2D eigenvalue weighted by molar-refractivity contribution is 5.11. The summed E-state index contributed by atoms with van der Waals surface area (Å²) in [5.41, 5.74) is 7.21. The molecule has 1 saturated heterocycles. The van der Waals surface area contributed by atoms with Crippen molar-refractivity contribution in [3.8, 4) is 0 Å². The number of hydrogen-bond acceptors (Lipinski definition) is 4. The van der Waals surface area contributed by atoms with Crippen LogP contribution in [0.3, 0.4) is 0 Å². The van der Waals surface area contributed by atoms with Crippen molar-refractivity contribution in [3.63, 3.8) is 0 Å². The van der Waals surface area contributed by atoms with Crippen LogP contribution in [0.4, 0.5) is 0 Å². The standard InChI is InChI=1S/C14H27N5/c1-4-19-7-5-13(6-8-19)18(3)14(9-15)12-10-16-17(2)11-12/h10-11,13-14H,4-9,15H2,1-3H3. The summed E-state index contributed by atoms with van der Waals surface area (Å²) in [6, 6.07) is 0.920. The van der Waals surface area contributed by atoms with Crippen LogP contribution in [0.2, 0.25) is 0 Å². The molecule has 0 radical (unpaired) electrons. The molecule has 5 nitrogen and oxygen atoms in total. The molecule has 5 heteroatoms. The molecular weight excluding hydrogens is 238 g/mol. The quantitative estimate of drug-likeness (QED) is 0.857. The van der Waals surface area contributed by atoms with Crippen molar-refractivity contribution in [1.29, 1.82) is 0 Å². The monoisotopic (exact) mass is 265 g/mol. The number of hydrogen-bond donors (Lipinski definition) is 1. The summed E-state index contributed by atoms with van der Waals surface area (Å²) in [5.74, 6) is 0. The Kier molecular flexibility index (Phi) is 4.96. The van der Waals surface area contributed by atoms with Crippen LogP contribution in [-0.4, -0.2) is 58.8 Å². The molecule has 1 unspecified atom stereocenters. The van der Waals surface area contributed by atoms with Gasteiger partial charge in [0.1, 0.15) is 0 Å². The Hall–Kier alpha value is -0.910. The average Bonchev–Trinajstić information content (AvgIpc) is 2.86. The Bertz CT molecular complexity index is 381. The second-order valence-electron chi connectivity index (χ2n) is 5.53. The molecule has 0 amide bonds. The van der Waals surface area contributed by atoms with Gasteiger partial charge < -0.3 is 10.6 Å². The van der Waals surface area contributed by atoms with E-state index in [4.69, 9.17) is 5.73 Å².